The predicted octanol–water partition coefficient (Wildman–Crippen LogP) is 2.06. The van der Waals surface area contributed by atoms with Crippen LogP contribution in [-0.2, 0) is 10.2 Å². The van der Waals surface area contributed by atoms with Crippen LogP contribution in [0.3, 0.4) is 0 Å². The predicted molar refractivity (Wildman–Crippen MR) is 54.4 cm³/mol. The minimum atomic E-state index is -0.849. The first kappa shape index (κ1) is 10.7. The molecule has 0 radical (unpaired) electrons. The highest BCUT2D eigenvalue weighted by molar-refractivity contribution is 5.80. The van der Waals surface area contributed by atoms with Gasteiger partial charge in [-0.15, -0.1) is 0 Å². The quantitative estimate of drug-likeness (QED) is 0.782. The molecule has 0 atom stereocenters. The standard InChI is InChI=1S/C11H15NO2/c1-7-5-9(6-8(2)12-7)11(3,4)10(13)14/h5-6H,1-4H3,(H,13,14). The molecular weight excluding hydrogens is 178 g/mol. The van der Waals surface area contributed by atoms with Gasteiger partial charge in [0, 0.05) is 11.4 Å². The van der Waals surface area contributed by atoms with E-state index in [0.29, 0.717) is 0 Å². The molecule has 0 spiro atoms. The SMILES string of the molecule is Cc1cc(C(C)(C)C(=O)O)cc(C)n1. The number of hydrogen-bond acceptors (Lipinski definition) is 2. The lowest BCUT2D eigenvalue weighted by atomic mass is 9.84. The maximum absolute atomic E-state index is 11.0. The normalized spacial score (nSPS) is 11.4. The molecule has 0 aliphatic heterocycles. The second-order valence-electron chi connectivity index (χ2n) is 4.07. The Kier molecular flexibility index (Phi) is 2.60. The van der Waals surface area contributed by atoms with Gasteiger partial charge >= 0.3 is 5.97 Å². The Balaban J connectivity index is 3.25. The van der Waals surface area contributed by atoms with E-state index < -0.39 is 11.4 Å². The molecule has 1 heterocycles. The zero-order valence-electron chi connectivity index (χ0n) is 8.96. The van der Waals surface area contributed by atoms with E-state index in [1.165, 1.54) is 0 Å². The molecule has 0 fully saturated rings. The Morgan fingerprint density at radius 3 is 2.07 bits per heavy atom. The average molecular weight is 193 g/mol. The van der Waals surface area contributed by atoms with Crippen molar-refractivity contribution in [1.82, 2.24) is 4.98 Å². The summed E-state index contributed by atoms with van der Waals surface area (Å²) in [6.07, 6.45) is 0. The summed E-state index contributed by atoms with van der Waals surface area (Å²) in [5.74, 6) is -0.817. The fraction of sp³-hybridized carbons (Fsp3) is 0.455. The van der Waals surface area contributed by atoms with Crippen LogP contribution in [-0.4, -0.2) is 16.1 Å². The Morgan fingerprint density at radius 1 is 1.29 bits per heavy atom. The first-order valence-electron chi connectivity index (χ1n) is 4.53. The van der Waals surface area contributed by atoms with E-state index in [-0.39, 0.29) is 0 Å². The summed E-state index contributed by atoms with van der Waals surface area (Å²) in [6.45, 7) is 7.13. The van der Waals surface area contributed by atoms with Crippen molar-refractivity contribution in [3.63, 3.8) is 0 Å². The topological polar surface area (TPSA) is 50.2 Å². The van der Waals surface area contributed by atoms with Crippen LogP contribution in [0.5, 0.6) is 0 Å². The van der Waals surface area contributed by atoms with Crippen molar-refractivity contribution in [1.29, 1.82) is 0 Å². The van der Waals surface area contributed by atoms with Gasteiger partial charge in [-0.1, -0.05) is 0 Å². The first-order valence-corrected chi connectivity index (χ1v) is 4.53. The van der Waals surface area contributed by atoms with Gasteiger partial charge in [0.25, 0.3) is 0 Å². The smallest absolute Gasteiger partial charge is 0.313 e. The lowest BCUT2D eigenvalue weighted by Gasteiger charge is -2.20. The van der Waals surface area contributed by atoms with Crippen LogP contribution in [0.2, 0.25) is 0 Å². The zero-order valence-corrected chi connectivity index (χ0v) is 8.96. The van der Waals surface area contributed by atoms with Crippen molar-refractivity contribution >= 4 is 5.97 Å². The summed E-state index contributed by atoms with van der Waals surface area (Å²) in [4.78, 5) is 15.2. The van der Waals surface area contributed by atoms with Crippen LogP contribution in [0.4, 0.5) is 0 Å². The Hall–Kier alpha value is -1.38. The van der Waals surface area contributed by atoms with E-state index in [0.717, 1.165) is 17.0 Å². The Morgan fingerprint density at radius 2 is 1.71 bits per heavy atom. The van der Waals surface area contributed by atoms with Crippen LogP contribution >= 0.6 is 0 Å². The number of nitrogens with zero attached hydrogens (tertiary/aromatic N) is 1. The van der Waals surface area contributed by atoms with Gasteiger partial charge in [0.2, 0.25) is 0 Å². The highest BCUT2D eigenvalue weighted by Gasteiger charge is 2.29. The molecule has 0 bridgehead atoms. The number of rotatable bonds is 2. The van der Waals surface area contributed by atoms with Gasteiger partial charge in [0.05, 0.1) is 5.41 Å². The van der Waals surface area contributed by atoms with Crippen molar-refractivity contribution in [3.8, 4) is 0 Å². The number of hydrogen-bond donors (Lipinski definition) is 1. The second-order valence-corrected chi connectivity index (χ2v) is 4.07. The molecule has 0 saturated heterocycles. The number of pyridine rings is 1. The van der Waals surface area contributed by atoms with Crippen LogP contribution < -0.4 is 0 Å². The number of carboxylic acids is 1. The summed E-state index contributed by atoms with van der Waals surface area (Å²) in [6, 6.07) is 3.64. The van der Waals surface area contributed by atoms with Gasteiger partial charge in [-0.2, -0.15) is 0 Å². The summed E-state index contributed by atoms with van der Waals surface area (Å²) < 4.78 is 0. The molecule has 1 N–H and O–H groups in total. The summed E-state index contributed by atoms with van der Waals surface area (Å²) in [5.41, 5.74) is 1.66. The van der Waals surface area contributed by atoms with Gasteiger partial charge in [-0.3, -0.25) is 9.78 Å². The highest BCUT2D eigenvalue weighted by Crippen LogP contribution is 2.24. The van der Waals surface area contributed by atoms with E-state index in [4.69, 9.17) is 5.11 Å². The van der Waals surface area contributed by atoms with E-state index in [1.807, 2.05) is 26.0 Å². The number of carbonyl (C=O) groups is 1. The van der Waals surface area contributed by atoms with Gasteiger partial charge < -0.3 is 5.11 Å². The van der Waals surface area contributed by atoms with Crippen molar-refractivity contribution < 1.29 is 9.90 Å². The maximum atomic E-state index is 11.0. The third-order valence-corrected chi connectivity index (χ3v) is 2.34. The van der Waals surface area contributed by atoms with Crippen LogP contribution in [0.15, 0.2) is 12.1 Å². The van der Waals surface area contributed by atoms with Crippen molar-refractivity contribution in [2.75, 3.05) is 0 Å². The first-order chi connectivity index (χ1) is 6.34. The fourth-order valence-corrected chi connectivity index (χ4v) is 1.32. The zero-order chi connectivity index (χ0) is 10.9. The largest absolute Gasteiger partial charge is 0.481 e. The van der Waals surface area contributed by atoms with Gasteiger partial charge in [0.1, 0.15) is 0 Å². The number of aliphatic carboxylic acids is 1. The van der Waals surface area contributed by atoms with Crippen LogP contribution in [0.1, 0.15) is 30.8 Å². The summed E-state index contributed by atoms with van der Waals surface area (Å²) in [7, 11) is 0. The minimum Gasteiger partial charge on any atom is -0.481 e. The Labute approximate surface area is 83.8 Å². The molecule has 1 aromatic rings. The second kappa shape index (κ2) is 3.40. The lowest BCUT2D eigenvalue weighted by molar-refractivity contribution is -0.142. The molecule has 1 aromatic heterocycles. The average Bonchev–Trinajstić information content (AvgIpc) is 2.01. The van der Waals surface area contributed by atoms with E-state index in [2.05, 4.69) is 4.98 Å². The highest BCUT2D eigenvalue weighted by atomic mass is 16.4. The third kappa shape index (κ3) is 1.92. The number of aryl methyl sites for hydroxylation is 2. The Bertz CT molecular complexity index is 349. The molecule has 0 unspecified atom stereocenters. The molecule has 76 valence electrons. The van der Waals surface area contributed by atoms with Crippen molar-refractivity contribution in [2.24, 2.45) is 0 Å². The summed E-state index contributed by atoms with van der Waals surface area (Å²) >= 11 is 0. The van der Waals surface area contributed by atoms with Crippen molar-refractivity contribution in [2.45, 2.75) is 33.1 Å². The minimum absolute atomic E-state index is 0.801. The molecule has 0 aliphatic rings. The molecular formula is C11H15NO2. The fourth-order valence-electron chi connectivity index (χ4n) is 1.32. The number of aromatic nitrogens is 1. The molecule has 0 aromatic carbocycles. The number of carboxylic acid groups (broad SMARTS) is 1. The molecule has 14 heavy (non-hydrogen) atoms. The van der Waals surface area contributed by atoms with E-state index in [9.17, 15) is 4.79 Å². The molecule has 0 aliphatic carbocycles. The van der Waals surface area contributed by atoms with Crippen LogP contribution in [0.25, 0.3) is 0 Å². The van der Waals surface area contributed by atoms with Gasteiger partial charge in [-0.25, -0.2) is 0 Å². The lowest BCUT2D eigenvalue weighted by Crippen LogP contribution is -2.28. The monoisotopic (exact) mass is 193 g/mol. The molecule has 3 heteroatoms. The van der Waals surface area contributed by atoms with Gasteiger partial charge in [-0.05, 0) is 45.4 Å². The van der Waals surface area contributed by atoms with E-state index >= 15 is 0 Å². The molecule has 0 amide bonds. The summed E-state index contributed by atoms with van der Waals surface area (Å²) in [5, 5.41) is 9.06. The third-order valence-electron chi connectivity index (χ3n) is 2.34. The van der Waals surface area contributed by atoms with Crippen LogP contribution in [0, 0.1) is 13.8 Å². The maximum Gasteiger partial charge on any atom is 0.313 e. The van der Waals surface area contributed by atoms with E-state index in [1.54, 1.807) is 13.8 Å². The molecule has 1 rings (SSSR count). The molecule has 0 saturated carbocycles. The molecule has 3 nitrogen and oxygen atoms in total. The van der Waals surface area contributed by atoms with Crippen molar-refractivity contribution in [3.05, 3.63) is 29.1 Å². The van der Waals surface area contributed by atoms with Gasteiger partial charge in [0.15, 0.2) is 0 Å².